The third kappa shape index (κ3) is 1.84. The number of hydrogen-bond donors (Lipinski definition) is 1. The molecule has 0 aromatic rings. The van der Waals surface area contributed by atoms with Gasteiger partial charge in [0, 0.05) is 25.2 Å². The lowest BCUT2D eigenvalue weighted by molar-refractivity contribution is -0.173. The van der Waals surface area contributed by atoms with Crippen molar-refractivity contribution in [2.24, 2.45) is 34.5 Å². The minimum Gasteiger partial charge on any atom is -0.393 e. The third-order valence-electron chi connectivity index (χ3n) is 7.95. The van der Waals surface area contributed by atoms with E-state index in [2.05, 4.69) is 13.8 Å². The maximum atomic E-state index is 13.1. The van der Waals surface area contributed by atoms with Gasteiger partial charge in [0.25, 0.3) is 0 Å². The van der Waals surface area contributed by atoms with Crippen LogP contribution < -0.4 is 0 Å². The summed E-state index contributed by atoms with van der Waals surface area (Å²) in [4.78, 5) is 24.9. The monoisotopic (exact) mass is 304 g/mol. The fourth-order valence-corrected chi connectivity index (χ4v) is 6.93. The summed E-state index contributed by atoms with van der Waals surface area (Å²) >= 11 is 0. The molecule has 4 aliphatic carbocycles. The second-order valence-electron chi connectivity index (χ2n) is 9.10. The molecule has 0 radical (unpaired) electrons. The summed E-state index contributed by atoms with van der Waals surface area (Å²) in [6, 6.07) is 0. The molecule has 0 unspecified atom stereocenters. The highest BCUT2D eigenvalue weighted by molar-refractivity contribution is 5.85. The number of Topliss-reactive ketones (excluding diaryl/α,β-unsaturated/α-hetero) is 2. The normalized spacial score (nSPS) is 54.6. The summed E-state index contributed by atoms with van der Waals surface area (Å²) in [5.74, 6) is 1.74. The third-order valence-corrected chi connectivity index (χ3v) is 7.95. The van der Waals surface area contributed by atoms with Crippen LogP contribution in [0.3, 0.4) is 0 Å². The topological polar surface area (TPSA) is 54.4 Å². The fraction of sp³-hybridized carbons (Fsp3) is 0.895. The molecule has 0 amide bonds. The lowest BCUT2D eigenvalue weighted by Gasteiger charge is -2.59. The second-order valence-corrected chi connectivity index (χ2v) is 9.10. The van der Waals surface area contributed by atoms with Crippen molar-refractivity contribution in [1.82, 2.24) is 0 Å². The summed E-state index contributed by atoms with van der Waals surface area (Å²) in [6.07, 6.45) is 6.56. The molecule has 0 bridgehead atoms. The van der Waals surface area contributed by atoms with E-state index in [1.807, 2.05) is 0 Å². The van der Waals surface area contributed by atoms with Crippen molar-refractivity contribution in [2.45, 2.75) is 71.3 Å². The van der Waals surface area contributed by atoms with Crippen LogP contribution in [0.1, 0.15) is 65.2 Å². The highest BCUT2D eigenvalue weighted by atomic mass is 16.3. The van der Waals surface area contributed by atoms with Crippen molar-refractivity contribution in [3.8, 4) is 0 Å². The predicted octanol–water partition coefficient (Wildman–Crippen LogP) is 3.14. The summed E-state index contributed by atoms with van der Waals surface area (Å²) in [5, 5.41) is 10.8. The molecule has 4 rings (SSSR count). The molecule has 4 saturated carbocycles. The number of rotatable bonds is 0. The zero-order valence-electron chi connectivity index (χ0n) is 13.8. The van der Waals surface area contributed by atoms with Gasteiger partial charge in [-0.1, -0.05) is 20.3 Å². The zero-order valence-corrected chi connectivity index (χ0v) is 13.8. The summed E-state index contributed by atoms with van der Waals surface area (Å²) in [5.41, 5.74) is 0.0168. The average Bonchev–Trinajstić information content (AvgIpc) is 2.82. The molecule has 3 nitrogen and oxygen atoms in total. The van der Waals surface area contributed by atoms with E-state index in [9.17, 15) is 14.7 Å². The number of aliphatic hydroxyl groups excluding tert-OH is 1. The fourth-order valence-electron chi connectivity index (χ4n) is 6.93. The molecule has 4 aliphatic rings. The number of aliphatic hydroxyl groups is 1. The van der Waals surface area contributed by atoms with Crippen LogP contribution in [-0.4, -0.2) is 22.8 Å². The molecule has 0 aliphatic heterocycles. The molecule has 0 aromatic carbocycles. The molecule has 3 heteroatoms. The Bertz CT molecular complexity index is 527. The van der Waals surface area contributed by atoms with Crippen molar-refractivity contribution >= 4 is 11.6 Å². The van der Waals surface area contributed by atoms with Crippen LogP contribution in [0.15, 0.2) is 0 Å². The number of carbonyl (C=O) groups excluding carboxylic acids is 2. The summed E-state index contributed by atoms with van der Waals surface area (Å²) in [7, 11) is 0. The first-order valence-electron chi connectivity index (χ1n) is 9.08. The quantitative estimate of drug-likeness (QED) is 0.748. The molecule has 0 saturated heterocycles. The SMILES string of the molecule is C[C@]12CCC[C@@H]1[C@@H]1C[C@H](O)[C@H]3CC(=O)CC[C@@]3(C)[C@@H]1C(=O)C2. The van der Waals surface area contributed by atoms with Gasteiger partial charge in [0.1, 0.15) is 11.6 Å². The Morgan fingerprint density at radius 2 is 1.91 bits per heavy atom. The Balaban J connectivity index is 1.74. The minimum atomic E-state index is -0.397. The highest BCUT2D eigenvalue weighted by Crippen LogP contribution is 2.64. The van der Waals surface area contributed by atoms with Crippen LogP contribution in [-0.2, 0) is 9.59 Å². The maximum absolute atomic E-state index is 13.1. The zero-order chi connectivity index (χ0) is 15.7. The molecule has 0 aromatic heterocycles. The molecule has 0 spiro atoms. The standard InChI is InChI=1S/C19H28O3/c1-18-6-3-4-13(18)12-9-15(21)14-8-11(20)5-7-19(14,2)17(12)16(22)10-18/h12-15,17,21H,3-10H2,1-2H3/t12-,13+,14+,15-,17-,18+,19+/m0/s1. The van der Waals surface area contributed by atoms with E-state index < -0.39 is 6.10 Å². The van der Waals surface area contributed by atoms with Gasteiger partial charge in [-0.3, -0.25) is 9.59 Å². The smallest absolute Gasteiger partial charge is 0.137 e. The first kappa shape index (κ1) is 14.9. The summed E-state index contributed by atoms with van der Waals surface area (Å²) in [6.45, 7) is 4.49. The predicted molar refractivity (Wildman–Crippen MR) is 83.1 cm³/mol. The van der Waals surface area contributed by atoms with Crippen LogP contribution in [0.25, 0.3) is 0 Å². The van der Waals surface area contributed by atoms with E-state index in [1.54, 1.807) is 0 Å². The molecular weight excluding hydrogens is 276 g/mol. The van der Waals surface area contributed by atoms with Crippen LogP contribution >= 0.6 is 0 Å². The lowest BCUT2D eigenvalue weighted by atomic mass is 9.44. The largest absolute Gasteiger partial charge is 0.393 e. The first-order chi connectivity index (χ1) is 10.3. The Hall–Kier alpha value is -0.700. The molecule has 1 N–H and O–H groups in total. The molecule has 0 heterocycles. The maximum Gasteiger partial charge on any atom is 0.137 e. The number of fused-ring (bicyclic) bond motifs is 5. The van der Waals surface area contributed by atoms with Crippen LogP contribution in [0, 0.1) is 34.5 Å². The average molecular weight is 304 g/mol. The van der Waals surface area contributed by atoms with E-state index >= 15 is 0 Å². The molecule has 122 valence electrons. The molecule has 7 atom stereocenters. The Morgan fingerprint density at radius 1 is 1.14 bits per heavy atom. The second kappa shape index (κ2) is 4.66. The van der Waals surface area contributed by atoms with E-state index in [1.165, 1.54) is 19.3 Å². The Labute approximate surface area is 132 Å². The Morgan fingerprint density at radius 3 is 2.68 bits per heavy atom. The Kier molecular flexibility index (Phi) is 3.15. The lowest BCUT2D eigenvalue weighted by Crippen LogP contribution is -2.60. The minimum absolute atomic E-state index is 0.00436. The van der Waals surface area contributed by atoms with Crippen molar-refractivity contribution in [3.05, 3.63) is 0 Å². The van der Waals surface area contributed by atoms with Gasteiger partial charge in [0.05, 0.1) is 6.10 Å². The van der Waals surface area contributed by atoms with Crippen molar-refractivity contribution in [3.63, 3.8) is 0 Å². The van der Waals surface area contributed by atoms with Gasteiger partial charge in [-0.2, -0.15) is 0 Å². The van der Waals surface area contributed by atoms with E-state index in [0.29, 0.717) is 30.5 Å². The molecule has 22 heavy (non-hydrogen) atoms. The highest BCUT2D eigenvalue weighted by Gasteiger charge is 2.63. The van der Waals surface area contributed by atoms with Gasteiger partial charge >= 0.3 is 0 Å². The summed E-state index contributed by atoms with van der Waals surface area (Å²) < 4.78 is 0. The van der Waals surface area contributed by atoms with Gasteiger partial charge < -0.3 is 5.11 Å². The van der Waals surface area contributed by atoms with Crippen molar-refractivity contribution in [1.29, 1.82) is 0 Å². The number of carbonyl (C=O) groups is 2. The molecular formula is C19H28O3. The van der Waals surface area contributed by atoms with Gasteiger partial charge in [-0.15, -0.1) is 0 Å². The first-order valence-corrected chi connectivity index (χ1v) is 9.08. The van der Waals surface area contributed by atoms with E-state index in [4.69, 9.17) is 0 Å². The van der Waals surface area contributed by atoms with Gasteiger partial charge in [-0.25, -0.2) is 0 Å². The van der Waals surface area contributed by atoms with Crippen molar-refractivity contribution in [2.75, 3.05) is 0 Å². The van der Waals surface area contributed by atoms with Crippen molar-refractivity contribution < 1.29 is 14.7 Å². The molecule has 4 fully saturated rings. The van der Waals surface area contributed by atoms with Gasteiger partial charge in [-0.05, 0) is 54.3 Å². The van der Waals surface area contributed by atoms with Crippen LogP contribution in [0.5, 0.6) is 0 Å². The number of hydrogen-bond acceptors (Lipinski definition) is 3. The van der Waals surface area contributed by atoms with Gasteiger partial charge in [0.15, 0.2) is 0 Å². The van der Waals surface area contributed by atoms with Crippen LogP contribution in [0.4, 0.5) is 0 Å². The van der Waals surface area contributed by atoms with E-state index in [-0.39, 0.29) is 28.4 Å². The van der Waals surface area contributed by atoms with E-state index in [0.717, 1.165) is 19.3 Å². The van der Waals surface area contributed by atoms with Crippen LogP contribution in [0.2, 0.25) is 0 Å². The number of ketones is 2. The van der Waals surface area contributed by atoms with Gasteiger partial charge in [0.2, 0.25) is 0 Å².